The van der Waals surface area contributed by atoms with Crippen molar-refractivity contribution in [3.8, 4) is 0 Å². The van der Waals surface area contributed by atoms with Gasteiger partial charge in [-0.25, -0.2) is 0 Å². The molecular weight excluding hydrogens is 272 g/mol. The van der Waals surface area contributed by atoms with Crippen molar-refractivity contribution in [2.24, 2.45) is 0 Å². The highest BCUT2D eigenvalue weighted by atomic mass is 35.5. The lowest BCUT2D eigenvalue weighted by Crippen LogP contribution is -2.53. The van der Waals surface area contributed by atoms with E-state index < -0.39 is 0 Å². The molecule has 0 bridgehead atoms. The lowest BCUT2D eigenvalue weighted by Gasteiger charge is -2.35. The summed E-state index contributed by atoms with van der Waals surface area (Å²) >= 11 is 6.22. The third-order valence-corrected chi connectivity index (χ3v) is 4.32. The molecule has 110 valence electrons. The fraction of sp³-hybridized carbons (Fsp3) is 0.562. The summed E-state index contributed by atoms with van der Waals surface area (Å²) in [4.78, 5) is 14.5. The predicted octanol–water partition coefficient (Wildman–Crippen LogP) is 3.61. The van der Waals surface area contributed by atoms with Gasteiger partial charge in [0.1, 0.15) is 0 Å². The van der Waals surface area contributed by atoms with E-state index in [9.17, 15) is 4.79 Å². The van der Waals surface area contributed by atoms with Gasteiger partial charge in [-0.2, -0.15) is 0 Å². The third kappa shape index (κ3) is 3.33. The number of amides is 1. The Kier molecular flexibility index (Phi) is 5.44. The molecule has 20 heavy (non-hydrogen) atoms. The van der Waals surface area contributed by atoms with E-state index in [2.05, 4.69) is 19.2 Å². The Morgan fingerprint density at radius 2 is 2.05 bits per heavy atom. The fourth-order valence-corrected chi connectivity index (χ4v) is 2.99. The summed E-state index contributed by atoms with van der Waals surface area (Å²) in [6.45, 7) is 5.06. The van der Waals surface area contributed by atoms with Crippen molar-refractivity contribution in [2.75, 3.05) is 11.4 Å². The largest absolute Gasteiger partial charge is 0.310 e. The Bertz CT molecular complexity index is 460. The van der Waals surface area contributed by atoms with Gasteiger partial charge in [0.25, 0.3) is 0 Å². The summed E-state index contributed by atoms with van der Waals surface area (Å²) in [6, 6.07) is 7.90. The molecule has 0 aliphatic carbocycles. The van der Waals surface area contributed by atoms with Gasteiger partial charge < -0.3 is 10.2 Å². The minimum atomic E-state index is -0.0788. The molecule has 3 nitrogen and oxygen atoms in total. The summed E-state index contributed by atoms with van der Waals surface area (Å²) in [5.74, 6) is 0.149. The molecule has 1 amide bonds. The number of nitrogens with zero attached hydrogens (tertiary/aromatic N) is 1. The number of benzene rings is 1. The maximum absolute atomic E-state index is 12.7. The van der Waals surface area contributed by atoms with Gasteiger partial charge in [-0.3, -0.25) is 4.79 Å². The van der Waals surface area contributed by atoms with Crippen LogP contribution >= 0.6 is 11.6 Å². The highest BCUT2D eigenvalue weighted by Crippen LogP contribution is 2.28. The molecule has 2 rings (SSSR count). The standard InChI is InChI=1S/C16H23ClN2O/c1-3-12(4-2)18-14-9-7-11-19(16(14)20)15-10-6-5-8-13(15)17/h5-6,8,10,12,14,18H,3-4,7,9,11H2,1-2H3/t14-/m1/s1. The number of hydrogen-bond donors (Lipinski definition) is 1. The van der Waals surface area contributed by atoms with Crippen molar-refractivity contribution in [3.63, 3.8) is 0 Å². The van der Waals surface area contributed by atoms with Gasteiger partial charge in [0.05, 0.1) is 16.8 Å². The number of halogens is 1. The molecule has 4 heteroatoms. The molecule has 0 radical (unpaired) electrons. The summed E-state index contributed by atoms with van der Waals surface area (Å²) in [6.07, 6.45) is 4.02. The van der Waals surface area contributed by atoms with Gasteiger partial charge >= 0.3 is 0 Å². The maximum atomic E-state index is 12.7. The molecule has 1 atom stereocenters. The molecule has 0 aromatic heterocycles. The number of carbonyl (C=O) groups excluding carboxylic acids is 1. The quantitative estimate of drug-likeness (QED) is 0.900. The molecule has 0 spiro atoms. The molecule has 1 heterocycles. The molecule has 1 aromatic rings. The van der Waals surface area contributed by atoms with Crippen LogP contribution in [0.15, 0.2) is 24.3 Å². The minimum absolute atomic E-state index is 0.0788. The Morgan fingerprint density at radius 3 is 2.70 bits per heavy atom. The predicted molar refractivity (Wildman–Crippen MR) is 84.3 cm³/mol. The molecule has 1 aliphatic heterocycles. The zero-order valence-corrected chi connectivity index (χ0v) is 13.0. The van der Waals surface area contributed by atoms with Crippen LogP contribution in [0.4, 0.5) is 5.69 Å². The summed E-state index contributed by atoms with van der Waals surface area (Å²) in [5.41, 5.74) is 0.829. The third-order valence-electron chi connectivity index (χ3n) is 4.00. The fourth-order valence-electron chi connectivity index (χ4n) is 2.75. The number of carbonyl (C=O) groups is 1. The van der Waals surface area contributed by atoms with Crippen molar-refractivity contribution in [2.45, 2.75) is 51.6 Å². The van der Waals surface area contributed by atoms with Gasteiger partial charge in [-0.15, -0.1) is 0 Å². The van der Waals surface area contributed by atoms with Crippen LogP contribution in [0.1, 0.15) is 39.5 Å². The van der Waals surface area contributed by atoms with Crippen LogP contribution < -0.4 is 10.2 Å². The van der Waals surface area contributed by atoms with Gasteiger partial charge in [-0.1, -0.05) is 37.6 Å². The van der Waals surface area contributed by atoms with Gasteiger partial charge in [0, 0.05) is 12.6 Å². The van der Waals surface area contributed by atoms with Crippen molar-refractivity contribution in [1.29, 1.82) is 0 Å². The van der Waals surface area contributed by atoms with Crippen LogP contribution in [0.5, 0.6) is 0 Å². The first-order chi connectivity index (χ1) is 9.67. The minimum Gasteiger partial charge on any atom is -0.310 e. The number of rotatable bonds is 5. The average molecular weight is 295 g/mol. The van der Waals surface area contributed by atoms with E-state index in [1.807, 2.05) is 29.2 Å². The Balaban J connectivity index is 2.13. The number of anilines is 1. The van der Waals surface area contributed by atoms with E-state index in [0.29, 0.717) is 11.1 Å². The number of nitrogens with one attached hydrogen (secondary N) is 1. The van der Waals surface area contributed by atoms with Crippen molar-refractivity contribution in [3.05, 3.63) is 29.3 Å². The van der Waals surface area contributed by atoms with Crippen LogP contribution in [-0.4, -0.2) is 24.5 Å². The van der Waals surface area contributed by atoms with Crippen molar-refractivity contribution >= 4 is 23.2 Å². The van der Waals surface area contributed by atoms with E-state index in [4.69, 9.17) is 11.6 Å². The van der Waals surface area contributed by atoms with E-state index in [1.54, 1.807) is 0 Å². The second kappa shape index (κ2) is 7.09. The second-order valence-corrected chi connectivity index (χ2v) is 5.72. The zero-order chi connectivity index (χ0) is 14.5. The first kappa shape index (κ1) is 15.3. The van der Waals surface area contributed by atoms with Crippen LogP contribution in [0.2, 0.25) is 5.02 Å². The van der Waals surface area contributed by atoms with Crippen molar-refractivity contribution in [1.82, 2.24) is 5.32 Å². The Labute approximate surface area is 126 Å². The molecule has 0 saturated carbocycles. The lowest BCUT2D eigenvalue weighted by atomic mass is 10.0. The highest BCUT2D eigenvalue weighted by molar-refractivity contribution is 6.33. The number of para-hydroxylation sites is 1. The Morgan fingerprint density at radius 1 is 1.35 bits per heavy atom. The first-order valence-corrected chi connectivity index (χ1v) is 7.87. The summed E-state index contributed by atoms with van der Waals surface area (Å²) in [5, 5.41) is 4.13. The van der Waals surface area contributed by atoms with E-state index >= 15 is 0 Å². The summed E-state index contributed by atoms with van der Waals surface area (Å²) < 4.78 is 0. The summed E-state index contributed by atoms with van der Waals surface area (Å²) in [7, 11) is 0. The smallest absolute Gasteiger partial charge is 0.244 e. The zero-order valence-electron chi connectivity index (χ0n) is 12.2. The van der Waals surface area contributed by atoms with E-state index in [1.165, 1.54) is 0 Å². The second-order valence-electron chi connectivity index (χ2n) is 5.32. The SMILES string of the molecule is CCC(CC)N[C@@H]1CCCN(c2ccccc2Cl)C1=O. The van der Waals surface area contributed by atoms with Crippen LogP contribution in [0, 0.1) is 0 Å². The van der Waals surface area contributed by atoms with Gasteiger partial charge in [0.2, 0.25) is 5.91 Å². The normalized spacial score (nSPS) is 19.7. The number of hydrogen-bond acceptors (Lipinski definition) is 2. The number of piperidine rings is 1. The molecule has 1 aromatic carbocycles. The molecular formula is C16H23ClN2O. The molecule has 1 saturated heterocycles. The molecule has 0 unspecified atom stereocenters. The lowest BCUT2D eigenvalue weighted by molar-refractivity contribution is -0.122. The molecule has 1 fully saturated rings. The van der Waals surface area contributed by atoms with Gasteiger partial charge in [0.15, 0.2) is 0 Å². The maximum Gasteiger partial charge on any atom is 0.244 e. The topological polar surface area (TPSA) is 32.3 Å². The van der Waals surface area contributed by atoms with E-state index in [0.717, 1.165) is 37.9 Å². The van der Waals surface area contributed by atoms with Crippen molar-refractivity contribution < 1.29 is 4.79 Å². The molecule has 1 N–H and O–H groups in total. The van der Waals surface area contributed by atoms with Gasteiger partial charge in [-0.05, 0) is 37.8 Å². The average Bonchev–Trinajstić information content (AvgIpc) is 2.47. The first-order valence-electron chi connectivity index (χ1n) is 7.49. The van der Waals surface area contributed by atoms with Crippen LogP contribution in [0.3, 0.4) is 0 Å². The monoisotopic (exact) mass is 294 g/mol. The van der Waals surface area contributed by atoms with Crippen LogP contribution in [0.25, 0.3) is 0 Å². The Hall–Kier alpha value is -1.06. The highest BCUT2D eigenvalue weighted by Gasteiger charge is 2.31. The molecule has 1 aliphatic rings. The van der Waals surface area contributed by atoms with Crippen LogP contribution in [-0.2, 0) is 4.79 Å². The van der Waals surface area contributed by atoms with E-state index in [-0.39, 0.29) is 11.9 Å².